The molecule has 0 saturated carbocycles. The Morgan fingerprint density at radius 1 is 1.16 bits per heavy atom. The van der Waals surface area contributed by atoms with Crippen LogP contribution in [0.15, 0.2) is 42.5 Å². The molecule has 0 radical (unpaired) electrons. The van der Waals surface area contributed by atoms with Crippen molar-refractivity contribution in [1.82, 2.24) is 5.32 Å². The fourth-order valence-corrected chi connectivity index (χ4v) is 3.98. The Morgan fingerprint density at radius 2 is 1.77 bits per heavy atom. The van der Waals surface area contributed by atoms with Gasteiger partial charge in [0.15, 0.2) is 0 Å². The lowest BCUT2D eigenvalue weighted by molar-refractivity contribution is -0.137. The lowest BCUT2D eigenvalue weighted by Gasteiger charge is -2.24. The van der Waals surface area contributed by atoms with E-state index in [1.54, 1.807) is 13.2 Å². The number of carbonyl (C=O) groups excluding carboxylic acids is 1. The molecule has 0 spiro atoms. The van der Waals surface area contributed by atoms with Gasteiger partial charge in [0.05, 0.1) is 30.7 Å². The molecule has 0 fully saturated rings. The van der Waals surface area contributed by atoms with E-state index in [0.29, 0.717) is 12.2 Å². The molecule has 0 aromatic heterocycles. The van der Waals surface area contributed by atoms with Crippen LogP contribution in [0.4, 0.5) is 18.9 Å². The summed E-state index contributed by atoms with van der Waals surface area (Å²) in [7, 11) is -2.35. The molecule has 10 heteroatoms. The fraction of sp³-hybridized carbons (Fsp3) is 0.381. The molecule has 170 valence electrons. The molecule has 1 amide bonds. The summed E-state index contributed by atoms with van der Waals surface area (Å²) in [6.07, 6.45) is -3.10. The third-order valence-corrected chi connectivity index (χ3v) is 5.88. The second kappa shape index (κ2) is 9.59. The van der Waals surface area contributed by atoms with E-state index in [9.17, 15) is 26.4 Å². The third kappa shape index (κ3) is 6.36. The molecule has 1 unspecified atom stereocenters. The van der Waals surface area contributed by atoms with Crippen LogP contribution in [0.1, 0.15) is 36.1 Å². The standard InChI is InChI=1S/C21H25F3N2O4S/c1-5-18(15-6-11-19(30-3)14(2)12-15)25-20(27)13-26(31(4,28)29)17-9-7-16(8-10-17)21(22,23)24/h6-12,18H,5,13H2,1-4H3,(H,25,27). The summed E-state index contributed by atoms with van der Waals surface area (Å²) in [5, 5.41) is 2.79. The molecule has 0 aliphatic heterocycles. The fourth-order valence-electron chi connectivity index (χ4n) is 3.13. The third-order valence-electron chi connectivity index (χ3n) is 4.73. The van der Waals surface area contributed by atoms with Crippen molar-refractivity contribution in [3.05, 3.63) is 59.2 Å². The molecule has 6 nitrogen and oxygen atoms in total. The zero-order valence-electron chi connectivity index (χ0n) is 17.7. The van der Waals surface area contributed by atoms with Crippen LogP contribution in [-0.2, 0) is 21.0 Å². The summed E-state index contributed by atoms with van der Waals surface area (Å²) < 4.78 is 68.7. The van der Waals surface area contributed by atoms with Gasteiger partial charge in [-0.05, 0) is 54.8 Å². The van der Waals surface area contributed by atoms with Crippen LogP contribution in [-0.4, -0.2) is 34.2 Å². The first-order valence-corrected chi connectivity index (χ1v) is 11.3. The van der Waals surface area contributed by atoms with Gasteiger partial charge in [0.25, 0.3) is 0 Å². The summed E-state index contributed by atoms with van der Waals surface area (Å²) >= 11 is 0. The number of hydrogen-bond donors (Lipinski definition) is 1. The number of anilines is 1. The molecular weight excluding hydrogens is 433 g/mol. The highest BCUT2D eigenvalue weighted by Gasteiger charge is 2.31. The van der Waals surface area contributed by atoms with Crippen molar-refractivity contribution in [2.45, 2.75) is 32.5 Å². The number of benzene rings is 2. The van der Waals surface area contributed by atoms with Gasteiger partial charge in [-0.15, -0.1) is 0 Å². The van der Waals surface area contributed by atoms with E-state index in [1.807, 2.05) is 26.0 Å². The predicted molar refractivity (Wildman–Crippen MR) is 113 cm³/mol. The van der Waals surface area contributed by atoms with Crippen LogP contribution in [0.3, 0.4) is 0 Å². The second-order valence-corrected chi connectivity index (χ2v) is 8.98. The van der Waals surface area contributed by atoms with E-state index >= 15 is 0 Å². The van der Waals surface area contributed by atoms with Crippen LogP contribution in [0, 0.1) is 6.92 Å². The molecule has 2 aromatic carbocycles. The Bertz CT molecular complexity index is 1020. The van der Waals surface area contributed by atoms with Gasteiger partial charge in [-0.3, -0.25) is 9.10 Å². The summed E-state index contributed by atoms with van der Waals surface area (Å²) in [4.78, 5) is 12.6. The van der Waals surface area contributed by atoms with Crippen molar-refractivity contribution in [2.24, 2.45) is 0 Å². The minimum absolute atomic E-state index is 0.0287. The van der Waals surface area contributed by atoms with E-state index in [-0.39, 0.29) is 11.7 Å². The zero-order valence-corrected chi connectivity index (χ0v) is 18.5. The number of carbonyl (C=O) groups is 1. The second-order valence-electron chi connectivity index (χ2n) is 7.07. The van der Waals surface area contributed by atoms with Crippen molar-refractivity contribution in [3.8, 4) is 5.75 Å². The topological polar surface area (TPSA) is 75.7 Å². The Morgan fingerprint density at radius 3 is 2.23 bits per heavy atom. The van der Waals surface area contributed by atoms with Crippen molar-refractivity contribution in [1.29, 1.82) is 0 Å². The number of sulfonamides is 1. The maximum atomic E-state index is 12.8. The van der Waals surface area contributed by atoms with Crippen LogP contribution >= 0.6 is 0 Å². The highest BCUT2D eigenvalue weighted by molar-refractivity contribution is 7.92. The average Bonchev–Trinajstić information content (AvgIpc) is 2.68. The van der Waals surface area contributed by atoms with E-state index < -0.39 is 34.2 Å². The van der Waals surface area contributed by atoms with Crippen molar-refractivity contribution < 1.29 is 31.1 Å². The minimum atomic E-state index is -4.54. The van der Waals surface area contributed by atoms with Crippen LogP contribution < -0.4 is 14.4 Å². The van der Waals surface area contributed by atoms with Gasteiger partial charge in [0.2, 0.25) is 15.9 Å². The summed E-state index contributed by atoms with van der Waals surface area (Å²) in [6.45, 7) is 3.18. The number of hydrogen-bond acceptors (Lipinski definition) is 4. The normalized spacial score (nSPS) is 12.9. The molecule has 0 heterocycles. The number of methoxy groups -OCH3 is 1. The average molecular weight is 459 g/mol. The number of aryl methyl sites for hydroxylation is 1. The van der Waals surface area contributed by atoms with Gasteiger partial charge in [0.1, 0.15) is 12.3 Å². The van der Waals surface area contributed by atoms with Crippen molar-refractivity contribution in [3.63, 3.8) is 0 Å². The maximum absolute atomic E-state index is 12.8. The molecule has 2 aromatic rings. The largest absolute Gasteiger partial charge is 0.496 e. The number of amides is 1. The van der Waals surface area contributed by atoms with Gasteiger partial charge < -0.3 is 10.1 Å². The van der Waals surface area contributed by atoms with Gasteiger partial charge in [-0.2, -0.15) is 13.2 Å². The number of alkyl halides is 3. The van der Waals surface area contributed by atoms with Crippen LogP contribution in [0.25, 0.3) is 0 Å². The highest BCUT2D eigenvalue weighted by atomic mass is 32.2. The summed E-state index contributed by atoms with van der Waals surface area (Å²) in [6, 6.07) is 8.71. The SMILES string of the molecule is CCC(NC(=O)CN(c1ccc(C(F)(F)F)cc1)S(C)(=O)=O)c1ccc(OC)c(C)c1. The Kier molecular flexibility index (Phi) is 7.58. The molecule has 31 heavy (non-hydrogen) atoms. The summed E-state index contributed by atoms with van der Waals surface area (Å²) in [5.74, 6) is 0.126. The van der Waals surface area contributed by atoms with Gasteiger partial charge >= 0.3 is 6.18 Å². The number of nitrogens with one attached hydrogen (secondary N) is 1. The molecule has 0 saturated heterocycles. The minimum Gasteiger partial charge on any atom is -0.496 e. The lowest BCUT2D eigenvalue weighted by Crippen LogP contribution is -2.41. The molecule has 0 aliphatic rings. The van der Waals surface area contributed by atoms with E-state index in [4.69, 9.17) is 4.74 Å². The molecule has 2 rings (SSSR count). The molecule has 1 N–H and O–H groups in total. The quantitative estimate of drug-likeness (QED) is 0.648. The Hall–Kier alpha value is -2.75. The van der Waals surface area contributed by atoms with Crippen molar-refractivity contribution in [2.75, 3.05) is 24.2 Å². The van der Waals surface area contributed by atoms with Gasteiger partial charge in [-0.1, -0.05) is 19.1 Å². The Labute approximate surface area is 180 Å². The first-order valence-electron chi connectivity index (χ1n) is 9.45. The van der Waals surface area contributed by atoms with Gasteiger partial charge in [0, 0.05) is 0 Å². The highest BCUT2D eigenvalue weighted by Crippen LogP contribution is 2.31. The lowest BCUT2D eigenvalue weighted by atomic mass is 10.0. The molecule has 0 bridgehead atoms. The summed E-state index contributed by atoms with van der Waals surface area (Å²) in [5.41, 5.74) is 0.777. The number of halogens is 3. The number of rotatable bonds is 8. The smallest absolute Gasteiger partial charge is 0.416 e. The number of ether oxygens (including phenoxy) is 1. The zero-order chi connectivity index (χ0) is 23.4. The number of nitrogens with zero attached hydrogens (tertiary/aromatic N) is 1. The first-order chi connectivity index (χ1) is 14.4. The van der Waals surface area contributed by atoms with E-state index in [0.717, 1.165) is 46.0 Å². The Balaban J connectivity index is 2.21. The monoisotopic (exact) mass is 458 g/mol. The van der Waals surface area contributed by atoms with E-state index in [2.05, 4.69) is 5.32 Å². The van der Waals surface area contributed by atoms with Gasteiger partial charge in [-0.25, -0.2) is 8.42 Å². The first kappa shape index (κ1) is 24.5. The predicted octanol–water partition coefficient (Wildman–Crippen LogP) is 4.06. The van der Waals surface area contributed by atoms with Crippen molar-refractivity contribution >= 4 is 21.6 Å². The van der Waals surface area contributed by atoms with E-state index in [1.165, 1.54) is 0 Å². The van der Waals surface area contributed by atoms with Crippen LogP contribution in [0.2, 0.25) is 0 Å². The molecule has 0 aliphatic carbocycles. The molecule has 1 atom stereocenters. The van der Waals surface area contributed by atoms with Crippen LogP contribution in [0.5, 0.6) is 5.75 Å². The maximum Gasteiger partial charge on any atom is 0.416 e. The molecular formula is C21H25F3N2O4S.